The molecular weight excluding hydrogens is 254 g/mol. The van der Waals surface area contributed by atoms with Gasteiger partial charge in [-0.2, -0.15) is 0 Å². The van der Waals surface area contributed by atoms with Crippen molar-refractivity contribution >= 4 is 0 Å². The van der Waals surface area contributed by atoms with Gasteiger partial charge in [-0.3, -0.25) is 0 Å². The van der Waals surface area contributed by atoms with Crippen LogP contribution in [0.1, 0.15) is 32.3 Å². The predicted molar refractivity (Wildman–Crippen MR) is 81.6 cm³/mol. The zero-order chi connectivity index (χ0) is 14.6. The number of benzene rings is 1. The molecule has 0 unspecified atom stereocenters. The number of hydrogen-bond donors (Lipinski definition) is 1. The second kappa shape index (κ2) is 10.5. The Morgan fingerprint density at radius 3 is 2.60 bits per heavy atom. The fourth-order valence-corrected chi connectivity index (χ4v) is 1.80. The molecule has 0 aliphatic heterocycles. The summed E-state index contributed by atoms with van der Waals surface area (Å²) in [7, 11) is 1.93. The summed E-state index contributed by atoms with van der Waals surface area (Å²) in [6.07, 6.45) is 1.90. The second-order valence-corrected chi connectivity index (χ2v) is 4.55. The van der Waals surface area contributed by atoms with Crippen LogP contribution in [0.15, 0.2) is 18.2 Å². The van der Waals surface area contributed by atoms with Crippen molar-refractivity contribution in [3.05, 3.63) is 23.8 Å². The first-order valence-electron chi connectivity index (χ1n) is 7.42. The van der Waals surface area contributed by atoms with Crippen molar-refractivity contribution < 1.29 is 14.2 Å². The van der Waals surface area contributed by atoms with Crippen LogP contribution in [-0.4, -0.2) is 33.5 Å². The first kappa shape index (κ1) is 16.8. The van der Waals surface area contributed by atoms with E-state index in [-0.39, 0.29) is 0 Å². The van der Waals surface area contributed by atoms with Gasteiger partial charge in [0.15, 0.2) is 0 Å². The molecule has 1 aromatic carbocycles. The molecule has 114 valence electrons. The van der Waals surface area contributed by atoms with Crippen LogP contribution in [-0.2, 0) is 11.3 Å². The van der Waals surface area contributed by atoms with Crippen LogP contribution < -0.4 is 14.8 Å². The molecule has 0 spiro atoms. The van der Waals surface area contributed by atoms with E-state index in [1.807, 2.05) is 26.1 Å². The average molecular weight is 281 g/mol. The van der Waals surface area contributed by atoms with Crippen LogP contribution >= 0.6 is 0 Å². The molecule has 4 heteroatoms. The SMILES string of the molecule is CCCOc1ccc(CNC)c(OCCCOCC)c1. The van der Waals surface area contributed by atoms with Crippen LogP contribution in [0.2, 0.25) is 0 Å². The highest BCUT2D eigenvalue weighted by molar-refractivity contribution is 5.40. The second-order valence-electron chi connectivity index (χ2n) is 4.55. The molecule has 0 aliphatic carbocycles. The maximum Gasteiger partial charge on any atom is 0.127 e. The first-order chi connectivity index (χ1) is 9.81. The largest absolute Gasteiger partial charge is 0.493 e. The number of ether oxygens (including phenoxy) is 3. The molecule has 0 amide bonds. The third-order valence-corrected chi connectivity index (χ3v) is 2.77. The lowest BCUT2D eigenvalue weighted by Crippen LogP contribution is -2.09. The summed E-state index contributed by atoms with van der Waals surface area (Å²) in [5.74, 6) is 1.76. The summed E-state index contributed by atoms with van der Waals surface area (Å²) in [5, 5.41) is 3.15. The van der Waals surface area contributed by atoms with Crippen LogP contribution in [0.4, 0.5) is 0 Å². The van der Waals surface area contributed by atoms with Crippen LogP contribution in [0.3, 0.4) is 0 Å². The molecule has 0 aromatic heterocycles. The van der Waals surface area contributed by atoms with E-state index in [0.717, 1.165) is 56.3 Å². The summed E-state index contributed by atoms with van der Waals surface area (Å²) >= 11 is 0. The zero-order valence-corrected chi connectivity index (χ0v) is 12.9. The van der Waals surface area contributed by atoms with Gasteiger partial charge in [0.1, 0.15) is 11.5 Å². The highest BCUT2D eigenvalue weighted by Gasteiger charge is 2.06. The minimum atomic E-state index is 0.661. The monoisotopic (exact) mass is 281 g/mol. The van der Waals surface area contributed by atoms with Crippen molar-refractivity contribution in [3.8, 4) is 11.5 Å². The number of nitrogens with one attached hydrogen (secondary N) is 1. The predicted octanol–water partition coefficient (Wildman–Crippen LogP) is 3.00. The van der Waals surface area contributed by atoms with Gasteiger partial charge in [-0.05, 0) is 26.5 Å². The van der Waals surface area contributed by atoms with Gasteiger partial charge < -0.3 is 19.5 Å². The molecule has 20 heavy (non-hydrogen) atoms. The van der Waals surface area contributed by atoms with Crippen molar-refractivity contribution in [2.45, 2.75) is 33.2 Å². The Bertz CT molecular complexity index is 369. The minimum absolute atomic E-state index is 0.661. The van der Waals surface area contributed by atoms with E-state index in [1.165, 1.54) is 0 Å². The highest BCUT2D eigenvalue weighted by Crippen LogP contribution is 2.25. The maximum absolute atomic E-state index is 5.86. The summed E-state index contributed by atoms with van der Waals surface area (Å²) in [6, 6.07) is 6.03. The molecule has 0 saturated carbocycles. The molecule has 0 radical (unpaired) electrons. The Balaban J connectivity index is 2.57. The Hall–Kier alpha value is -1.26. The van der Waals surface area contributed by atoms with Gasteiger partial charge >= 0.3 is 0 Å². The third kappa shape index (κ3) is 6.26. The van der Waals surface area contributed by atoms with E-state index in [4.69, 9.17) is 14.2 Å². The van der Waals surface area contributed by atoms with E-state index in [9.17, 15) is 0 Å². The van der Waals surface area contributed by atoms with Gasteiger partial charge in [-0.1, -0.05) is 13.0 Å². The highest BCUT2D eigenvalue weighted by atomic mass is 16.5. The summed E-state index contributed by atoms with van der Waals surface area (Å²) in [4.78, 5) is 0. The molecule has 0 saturated heterocycles. The normalized spacial score (nSPS) is 10.6. The lowest BCUT2D eigenvalue weighted by molar-refractivity contribution is 0.130. The topological polar surface area (TPSA) is 39.7 Å². The van der Waals surface area contributed by atoms with E-state index in [1.54, 1.807) is 0 Å². The van der Waals surface area contributed by atoms with Crippen molar-refractivity contribution in [2.75, 3.05) is 33.5 Å². The third-order valence-electron chi connectivity index (χ3n) is 2.77. The van der Waals surface area contributed by atoms with E-state index >= 15 is 0 Å². The quantitative estimate of drug-likeness (QED) is 0.633. The van der Waals surface area contributed by atoms with Crippen molar-refractivity contribution in [1.82, 2.24) is 5.32 Å². The number of rotatable bonds is 11. The standard InChI is InChI=1S/C16H27NO3/c1-4-9-19-15-8-7-14(13-17-3)16(12-15)20-11-6-10-18-5-2/h7-8,12,17H,4-6,9-11,13H2,1-3H3. The number of hydrogen-bond acceptors (Lipinski definition) is 4. The van der Waals surface area contributed by atoms with Gasteiger partial charge in [0, 0.05) is 37.8 Å². The van der Waals surface area contributed by atoms with Gasteiger partial charge in [-0.25, -0.2) is 0 Å². The molecule has 0 bridgehead atoms. The van der Waals surface area contributed by atoms with Gasteiger partial charge in [0.05, 0.1) is 13.2 Å². The molecule has 1 aromatic rings. The Labute approximate surface area is 122 Å². The van der Waals surface area contributed by atoms with Gasteiger partial charge in [0.25, 0.3) is 0 Å². The molecular formula is C16H27NO3. The smallest absolute Gasteiger partial charge is 0.127 e. The Kier molecular flexibility index (Phi) is 8.83. The lowest BCUT2D eigenvalue weighted by atomic mass is 10.2. The van der Waals surface area contributed by atoms with Crippen molar-refractivity contribution in [3.63, 3.8) is 0 Å². The van der Waals surface area contributed by atoms with Crippen molar-refractivity contribution in [1.29, 1.82) is 0 Å². The molecule has 0 atom stereocenters. The molecule has 4 nitrogen and oxygen atoms in total. The molecule has 0 heterocycles. The Morgan fingerprint density at radius 1 is 1.05 bits per heavy atom. The molecule has 1 rings (SSSR count). The van der Waals surface area contributed by atoms with Gasteiger partial charge in [0.2, 0.25) is 0 Å². The first-order valence-corrected chi connectivity index (χ1v) is 7.42. The lowest BCUT2D eigenvalue weighted by Gasteiger charge is -2.13. The molecule has 0 aliphatic rings. The summed E-state index contributed by atoms with van der Waals surface area (Å²) < 4.78 is 16.8. The zero-order valence-electron chi connectivity index (χ0n) is 12.9. The van der Waals surface area contributed by atoms with E-state index in [0.29, 0.717) is 6.61 Å². The maximum atomic E-state index is 5.86. The molecule has 0 fully saturated rings. The van der Waals surface area contributed by atoms with E-state index in [2.05, 4.69) is 18.3 Å². The summed E-state index contributed by atoms with van der Waals surface area (Å²) in [5.41, 5.74) is 1.15. The van der Waals surface area contributed by atoms with Crippen LogP contribution in [0, 0.1) is 0 Å². The van der Waals surface area contributed by atoms with Crippen LogP contribution in [0.25, 0.3) is 0 Å². The van der Waals surface area contributed by atoms with E-state index < -0.39 is 0 Å². The average Bonchev–Trinajstić information content (AvgIpc) is 2.47. The summed E-state index contributed by atoms with van der Waals surface area (Å²) in [6.45, 7) is 7.77. The van der Waals surface area contributed by atoms with Crippen LogP contribution in [0.5, 0.6) is 11.5 Å². The van der Waals surface area contributed by atoms with Crippen molar-refractivity contribution in [2.24, 2.45) is 0 Å². The molecule has 1 N–H and O–H groups in total. The van der Waals surface area contributed by atoms with Gasteiger partial charge in [-0.15, -0.1) is 0 Å². The Morgan fingerprint density at radius 2 is 1.90 bits per heavy atom. The fourth-order valence-electron chi connectivity index (χ4n) is 1.80. The fraction of sp³-hybridized carbons (Fsp3) is 0.625. The minimum Gasteiger partial charge on any atom is -0.493 e.